The number of ketones is 1. The molecule has 3 atom stereocenters. The lowest BCUT2D eigenvalue weighted by Crippen LogP contribution is -2.42. The summed E-state index contributed by atoms with van der Waals surface area (Å²) < 4.78 is 5.60. The number of aliphatic hydroxyl groups is 1. The molecule has 1 aliphatic heterocycles. The Morgan fingerprint density at radius 1 is 1.19 bits per heavy atom. The molecule has 1 aliphatic rings. The predicted molar refractivity (Wildman–Crippen MR) is 108 cm³/mol. The minimum atomic E-state index is -0.922. The number of esters is 1. The Bertz CT molecular complexity index is 847. The van der Waals surface area contributed by atoms with Gasteiger partial charge in [-0.05, 0) is 60.7 Å². The second-order valence-electron chi connectivity index (χ2n) is 6.87. The molecule has 1 N–H and O–H groups in total. The second-order valence-corrected chi connectivity index (χ2v) is 8.97. The van der Waals surface area contributed by atoms with Crippen LogP contribution < -0.4 is 0 Å². The van der Waals surface area contributed by atoms with Gasteiger partial charge in [-0.3, -0.25) is 4.79 Å². The number of hydrogen-bond donors (Lipinski definition) is 1. The lowest BCUT2D eigenvalue weighted by Gasteiger charge is -2.31. The van der Waals surface area contributed by atoms with Crippen molar-refractivity contribution in [3.05, 3.63) is 55.6 Å². The standard InChI is InChI=1S/C21H24O4S2/c1-4-14(10-13-8-9-26-11-13)20-19(23)18(22)17(21(24)25-20)15(5-2)16-7-6-12(3)27-16/h6-9,11,14-15,20,22H,4-5,10H2,1-3H3. The number of thiophene rings is 2. The fraction of sp³-hybridized carbons (Fsp3) is 0.429. The van der Waals surface area contributed by atoms with Crippen LogP contribution in [0.25, 0.3) is 0 Å². The summed E-state index contributed by atoms with van der Waals surface area (Å²) >= 11 is 3.17. The van der Waals surface area contributed by atoms with Crippen molar-refractivity contribution in [2.45, 2.75) is 52.1 Å². The topological polar surface area (TPSA) is 63.6 Å². The highest BCUT2D eigenvalue weighted by Crippen LogP contribution is 2.38. The SMILES string of the molecule is CCC(C1=C(O)C(=O)C(C(CC)Cc2ccsc2)OC1=O)c1ccc(C)s1. The van der Waals surface area contributed by atoms with E-state index >= 15 is 0 Å². The van der Waals surface area contributed by atoms with Crippen LogP contribution in [0.4, 0.5) is 0 Å². The summed E-state index contributed by atoms with van der Waals surface area (Å²) in [4.78, 5) is 27.8. The fourth-order valence-electron chi connectivity index (χ4n) is 3.58. The van der Waals surface area contributed by atoms with E-state index in [2.05, 4.69) is 0 Å². The Balaban J connectivity index is 1.90. The van der Waals surface area contributed by atoms with Gasteiger partial charge in [0.25, 0.3) is 0 Å². The molecule has 0 spiro atoms. The smallest absolute Gasteiger partial charge is 0.339 e. The van der Waals surface area contributed by atoms with Crippen LogP contribution in [-0.4, -0.2) is 23.0 Å². The maximum absolute atomic E-state index is 12.9. The van der Waals surface area contributed by atoms with Crippen LogP contribution in [0.15, 0.2) is 40.3 Å². The van der Waals surface area contributed by atoms with Crippen molar-refractivity contribution in [3.63, 3.8) is 0 Å². The third-order valence-corrected chi connectivity index (χ3v) is 6.94. The minimum Gasteiger partial charge on any atom is -0.504 e. The van der Waals surface area contributed by atoms with Crippen LogP contribution >= 0.6 is 22.7 Å². The molecule has 27 heavy (non-hydrogen) atoms. The number of Topliss-reactive ketones (excluding diaryl/α,β-unsaturated/α-hetero) is 1. The first-order chi connectivity index (χ1) is 13.0. The van der Waals surface area contributed by atoms with Gasteiger partial charge in [0.1, 0.15) is 0 Å². The molecule has 0 bridgehead atoms. The van der Waals surface area contributed by atoms with Gasteiger partial charge in [0, 0.05) is 21.6 Å². The van der Waals surface area contributed by atoms with Gasteiger partial charge in [-0.1, -0.05) is 13.8 Å². The normalized spacial score (nSPS) is 19.9. The zero-order valence-electron chi connectivity index (χ0n) is 15.7. The quantitative estimate of drug-likeness (QED) is 0.645. The molecule has 0 saturated carbocycles. The lowest BCUT2D eigenvalue weighted by atomic mass is 9.84. The Labute approximate surface area is 167 Å². The number of carbonyl (C=O) groups excluding carboxylic acids is 2. The molecule has 0 fully saturated rings. The molecule has 6 heteroatoms. The number of cyclic esters (lactones) is 1. The van der Waals surface area contributed by atoms with E-state index in [4.69, 9.17) is 4.74 Å². The van der Waals surface area contributed by atoms with Gasteiger partial charge in [0.2, 0.25) is 5.78 Å². The molecular formula is C21H24O4S2. The maximum Gasteiger partial charge on any atom is 0.339 e. The Hall–Kier alpha value is -1.92. The Kier molecular flexibility index (Phi) is 6.17. The number of aliphatic hydroxyl groups excluding tert-OH is 1. The van der Waals surface area contributed by atoms with E-state index in [1.807, 2.05) is 49.7 Å². The highest BCUT2D eigenvalue weighted by atomic mass is 32.1. The van der Waals surface area contributed by atoms with Gasteiger partial charge >= 0.3 is 5.97 Å². The molecule has 0 radical (unpaired) electrons. The maximum atomic E-state index is 12.9. The summed E-state index contributed by atoms with van der Waals surface area (Å²) in [6.45, 7) is 5.90. The van der Waals surface area contributed by atoms with E-state index in [0.717, 1.165) is 15.3 Å². The number of rotatable bonds is 7. The van der Waals surface area contributed by atoms with E-state index in [1.165, 1.54) is 0 Å². The van der Waals surface area contributed by atoms with Crippen molar-refractivity contribution in [3.8, 4) is 0 Å². The van der Waals surface area contributed by atoms with Crippen molar-refractivity contribution < 1.29 is 19.4 Å². The zero-order valence-corrected chi connectivity index (χ0v) is 17.4. The fourth-order valence-corrected chi connectivity index (χ4v) is 5.33. The van der Waals surface area contributed by atoms with Crippen molar-refractivity contribution in [2.24, 2.45) is 5.92 Å². The molecule has 3 unspecified atom stereocenters. The van der Waals surface area contributed by atoms with Gasteiger partial charge in [-0.2, -0.15) is 11.3 Å². The van der Waals surface area contributed by atoms with Crippen LogP contribution in [0.5, 0.6) is 0 Å². The zero-order chi connectivity index (χ0) is 19.6. The number of carbonyl (C=O) groups is 2. The molecule has 2 aromatic rings. The lowest BCUT2D eigenvalue weighted by molar-refractivity contribution is -0.158. The third kappa shape index (κ3) is 4.01. The van der Waals surface area contributed by atoms with Crippen molar-refractivity contribution in [1.29, 1.82) is 0 Å². The highest BCUT2D eigenvalue weighted by molar-refractivity contribution is 7.12. The van der Waals surface area contributed by atoms with E-state index < -0.39 is 23.6 Å². The number of aryl methyl sites for hydroxylation is 1. The predicted octanol–water partition coefficient (Wildman–Crippen LogP) is 5.19. The largest absolute Gasteiger partial charge is 0.504 e. The first kappa shape index (κ1) is 19.8. The average molecular weight is 405 g/mol. The summed E-state index contributed by atoms with van der Waals surface area (Å²) in [6.07, 6.45) is 1.02. The monoisotopic (exact) mass is 404 g/mol. The van der Waals surface area contributed by atoms with Gasteiger partial charge < -0.3 is 9.84 Å². The van der Waals surface area contributed by atoms with Crippen molar-refractivity contribution >= 4 is 34.4 Å². The molecule has 0 aliphatic carbocycles. The Morgan fingerprint density at radius 2 is 1.96 bits per heavy atom. The number of ether oxygens (including phenoxy) is 1. The summed E-state index contributed by atoms with van der Waals surface area (Å²) in [7, 11) is 0. The van der Waals surface area contributed by atoms with E-state index in [1.54, 1.807) is 22.7 Å². The highest BCUT2D eigenvalue weighted by Gasteiger charge is 2.43. The third-order valence-electron chi connectivity index (χ3n) is 5.09. The first-order valence-corrected chi connectivity index (χ1v) is 11.0. The second kappa shape index (κ2) is 8.40. The molecule has 2 aromatic heterocycles. The van der Waals surface area contributed by atoms with Crippen LogP contribution in [0.1, 0.15) is 47.9 Å². The summed E-state index contributed by atoms with van der Waals surface area (Å²) in [5, 5.41) is 14.7. The van der Waals surface area contributed by atoms with Crippen molar-refractivity contribution in [1.82, 2.24) is 0 Å². The molecule has 4 nitrogen and oxygen atoms in total. The van der Waals surface area contributed by atoms with Gasteiger partial charge in [-0.15, -0.1) is 11.3 Å². The first-order valence-electron chi connectivity index (χ1n) is 9.21. The number of hydrogen-bond acceptors (Lipinski definition) is 6. The molecule has 3 rings (SSSR count). The molecule has 3 heterocycles. The van der Waals surface area contributed by atoms with Gasteiger partial charge in [0.05, 0.1) is 5.57 Å². The van der Waals surface area contributed by atoms with Gasteiger partial charge in [-0.25, -0.2) is 4.79 Å². The van der Waals surface area contributed by atoms with Crippen LogP contribution in [-0.2, 0) is 20.7 Å². The van der Waals surface area contributed by atoms with Gasteiger partial charge in [0.15, 0.2) is 11.9 Å². The molecule has 0 amide bonds. The van der Waals surface area contributed by atoms with Crippen LogP contribution in [0.2, 0.25) is 0 Å². The van der Waals surface area contributed by atoms with E-state index in [0.29, 0.717) is 19.3 Å². The van der Waals surface area contributed by atoms with Crippen LogP contribution in [0.3, 0.4) is 0 Å². The summed E-state index contributed by atoms with van der Waals surface area (Å²) in [5.41, 5.74) is 1.22. The molecular weight excluding hydrogens is 380 g/mol. The van der Waals surface area contributed by atoms with Crippen molar-refractivity contribution in [2.75, 3.05) is 0 Å². The molecule has 0 saturated heterocycles. The summed E-state index contributed by atoms with van der Waals surface area (Å²) in [5.74, 6) is -1.93. The van der Waals surface area contributed by atoms with E-state index in [-0.39, 0.29) is 17.4 Å². The molecule has 0 aromatic carbocycles. The van der Waals surface area contributed by atoms with Crippen LogP contribution in [0, 0.1) is 12.8 Å². The minimum absolute atomic E-state index is 0.103. The Morgan fingerprint density at radius 3 is 2.52 bits per heavy atom. The van der Waals surface area contributed by atoms with E-state index in [9.17, 15) is 14.7 Å². The summed E-state index contributed by atoms with van der Waals surface area (Å²) in [6, 6.07) is 5.94. The molecule has 144 valence electrons. The average Bonchev–Trinajstić information content (AvgIpc) is 3.31.